The predicted octanol–water partition coefficient (Wildman–Crippen LogP) is 2.32. The van der Waals surface area contributed by atoms with E-state index in [0.717, 1.165) is 15.6 Å². The Kier molecular flexibility index (Phi) is 6.11. The molecule has 0 atom stereocenters. The van der Waals surface area contributed by atoms with Gasteiger partial charge in [-0.3, -0.25) is 4.79 Å². The number of benzene rings is 2. The molecule has 3 rings (SSSR count). The molecule has 0 bridgehead atoms. The minimum Gasteiger partial charge on any atom is -0.493 e. The summed E-state index contributed by atoms with van der Waals surface area (Å²) in [6, 6.07) is 9.02. The van der Waals surface area contributed by atoms with Gasteiger partial charge in [0.05, 0.1) is 17.2 Å². The Morgan fingerprint density at radius 2 is 1.97 bits per heavy atom. The number of hydrogen-bond donors (Lipinski definition) is 1. The number of carbonyl (C=O) groups is 2. The van der Waals surface area contributed by atoms with E-state index >= 15 is 0 Å². The number of nitrogens with zero attached hydrogens (tertiary/aromatic N) is 1. The number of esters is 1. The monoisotopic (exact) mass is 438 g/mol. The van der Waals surface area contributed by atoms with Crippen molar-refractivity contribution in [3.05, 3.63) is 52.5 Å². The van der Waals surface area contributed by atoms with Gasteiger partial charge in [0, 0.05) is 26.2 Å². The number of amides is 1. The van der Waals surface area contributed by atoms with E-state index in [4.69, 9.17) is 21.1 Å². The van der Waals surface area contributed by atoms with Gasteiger partial charge in [-0.15, -0.1) is 0 Å². The largest absolute Gasteiger partial charge is 0.493 e. The summed E-state index contributed by atoms with van der Waals surface area (Å²) in [5, 5.41) is 2.52. The fraction of sp³-hybridized carbons (Fsp3) is 0.263. The number of halogens is 1. The minimum absolute atomic E-state index is 0.0312. The Hall–Kier alpha value is -2.62. The van der Waals surface area contributed by atoms with Crippen molar-refractivity contribution in [2.24, 2.45) is 0 Å². The van der Waals surface area contributed by atoms with Crippen LogP contribution in [-0.4, -0.2) is 51.9 Å². The van der Waals surface area contributed by atoms with E-state index in [-0.39, 0.29) is 15.6 Å². The van der Waals surface area contributed by atoms with Gasteiger partial charge in [0.15, 0.2) is 6.61 Å². The molecule has 0 unspecified atom stereocenters. The number of rotatable bonds is 6. The molecule has 154 valence electrons. The lowest BCUT2D eigenvalue weighted by Crippen LogP contribution is -2.23. The van der Waals surface area contributed by atoms with Crippen molar-refractivity contribution in [2.45, 2.75) is 11.3 Å². The van der Waals surface area contributed by atoms with Crippen LogP contribution in [0.5, 0.6) is 5.75 Å². The zero-order valence-electron chi connectivity index (χ0n) is 15.8. The van der Waals surface area contributed by atoms with Gasteiger partial charge in [-0.1, -0.05) is 11.6 Å². The molecule has 10 heteroatoms. The molecule has 0 saturated carbocycles. The Morgan fingerprint density at radius 3 is 2.69 bits per heavy atom. The molecular weight excluding hydrogens is 420 g/mol. The molecule has 1 heterocycles. The first-order valence-corrected chi connectivity index (χ1v) is 10.4. The zero-order valence-corrected chi connectivity index (χ0v) is 17.3. The van der Waals surface area contributed by atoms with Crippen molar-refractivity contribution in [1.29, 1.82) is 0 Å². The first-order chi connectivity index (χ1) is 13.7. The maximum atomic E-state index is 12.3. The molecule has 0 aromatic heterocycles. The topological polar surface area (TPSA) is 102 Å². The molecule has 0 saturated heterocycles. The lowest BCUT2D eigenvalue weighted by Gasteiger charge is -2.14. The lowest BCUT2D eigenvalue weighted by atomic mass is 10.1. The van der Waals surface area contributed by atoms with Crippen molar-refractivity contribution >= 4 is 39.2 Å². The predicted molar refractivity (Wildman–Crippen MR) is 107 cm³/mol. The average molecular weight is 439 g/mol. The smallest absolute Gasteiger partial charge is 0.338 e. The highest BCUT2D eigenvalue weighted by Crippen LogP contribution is 2.27. The number of nitrogens with one attached hydrogen (secondary N) is 1. The summed E-state index contributed by atoms with van der Waals surface area (Å²) in [5.74, 6) is -0.509. The first kappa shape index (κ1) is 21.1. The molecular formula is C19H19ClN2O6S. The van der Waals surface area contributed by atoms with Crippen molar-refractivity contribution < 1.29 is 27.5 Å². The van der Waals surface area contributed by atoms with Gasteiger partial charge < -0.3 is 14.8 Å². The van der Waals surface area contributed by atoms with Crippen LogP contribution in [0.15, 0.2) is 41.3 Å². The molecule has 0 radical (unpaired) electrons. The van der Waals surface area contributed by atoms with Gasteiger partial charge >= 0.3 is 5.97 Å². The Bertz CT molecular complexity index is 1070. The average Bonchev–Trinajstić information content (AvgIpc) is 3.15. The number of ether oxygens (including phenoxy) is 2. The van der Waals surface area contributed by atoms with E-state index in [1.165, 1.54) is 32.3 Å². The second-order valence-electron chi connectivity index (χ2n) is 6.48. The summed E-state index contributed by atoms with van der Waals surface area (Å²) < 4.78 is 36.0. The van der Waals surface area contributed by atoms with E-state index in [1.54, 1.807) is 18.2 Å². The maximum Gasteiger partial charge on any atom is 0.338 e. The van der Waals surface area contributed by atoms with E-state index in [1.807, 2.05) is 0 Å². The Labute approximate surface area is 173 Å². The number of fused-ring (bicyclic) bond motifs is 1. The quantitative estimate of drug-likeness (QED) is 0.694. The normalized spacial score (nSPS) is 13.0. The molecule has 29 heavy (non-hydrogen) atoms. The van der Waals surface area contributed by atoms with Gasteiger partial charge in [0.2, 0.25) is 10.0 Å². The van der Waals surface area contributed by atoms with E-state index in [2.05, 4.69) is 5.32 Å². The van der Waals surface area contributed by atoms with E-state index in [9.17, 15) is 18.0 Å². The van der Waals surface area contributed by atoms with Crippen LogP contribution in [0.25, 0.3) is 0 Å². The molecule has 0 spiro atoms. The summed E-state index contributed by atoms with van der Waals surface area (Å²) >= 11 is 5.98. The number of carbonyl (C=O) groups excluding carboxylic acids is 2. The van der Waals surface area contributed by atoms with Gasteiger partial charge in [0.25, 0.3) is 5.91 Å². The van der Waals surface area contributed by atoms with Crippen LogP contribution in [-0.2, 0) is 26.0 Å². The molecule has 1 aliphatic rings. The standard InChI is InChI=1S/C19H19ClN2O6S/c1-22(2)29(25,26)17-10-14(4-5-15(17)20)21-18(23)11-28-19(24)13-3-6-16-12(9-13)7-8-27-16/h3-6,9-10H,7-8,11H2,1-2H3,(H,21,23). The third-order valence-corrected chi connectivity index (χ3v) is 6.53. The summed E-state index contributed by atoms with van der Waals surface area (Å²) in [4.78, 5) is 24.1. The van der Waals surface area contributed by atoms with Crippen molar-refractivity contribution in [2.75, 3.05) is 32.6 Å². The van der Waals surface area contributed by atoms with Crippen LogP contribution >= 0.6 is 11.6 Å². The van der Waals surface area contributed by atoms with Gasteiger partial charge in [0.1, 0.15) is 10.6 Å². The summed E-state index contributed by atoms with van der Waals surface area (Å²) in [6.07, 6.45) is 0.714. The minimum atomic E-state index is -3.78. The van der Waals surface area contributed by atoms with Gasteiger partial charge in [-0.05, 0) is 42.0 Å². The van der Waals surface area contributed by atoms with Crippen LogP contribution in [0.3, 0.4) is 0 Å². The highest BCUT2D eigenvalue weighted by atomic mass is 35.5. The fourth-order valence-electron chi connectivity index (χ4n) is 2.70. The lowest BCUT2D eigenvalue weighted by molar-refractivity contribution is -0.119. The van der Waals surface area contributed by atoms with Crippen LogP contribution in [0.4, 0.5) is 5.69 Å². The van der Waals surface area contributed by atoms with Crippen molar-refractivity contribution in [1.82, 2.24) is 4.31 Å². The van der Waals surface area contributed by atoms with Crippen LogP contribution in [0.1, 0.15) is 15.9 Å². The van der Waals surface area contributed by atoms with Crippen LogP contribution in [0, 0.1) is 0 Å². The molecule has 1 N–H and O–H groups in total. The van der Waals surface area contributed by atoms with Gasteiger partial charge in [-0.2, -0.15) is 0 Å². The van der Waals surface area contributed by atoms with E-state index < -0.39 is 28.5 Å². The summed E-state index contributed by atoms with van der Waals surface area (Å²) in [6.45, 7) is 0.0493. The number of hydrogen-bond acceptors (Lipinski definition) is 6. The van der Waals surface area contributed by atoms with E-state index in [0.29, 0.717) is 18.6 Å². The third-order valence-electron chi connectivity index (χ3n) is 4.23. The highest BCUT2D eigenvalue weighted by molar-refractivity contribution is 7.89. The molecule has 8 nitrogen and oxygen atoms in total. The molecule has 1 amide bonds. The molecule has 2 aromatic carbocycles. The molecule has 0 fully saturated rings. The molecule has 1 aliphatic heterocycles. The second kappa shape index (κ2) is 8.40. The van der Waals surface area contributed by atoms with Crippen molar-refractivity contribution in [3.63, 3.8) is 0 Å². The third kappa shape index (κ3) is 4.69. The SMILES string of the molecule is CN(C)S(=O)(=O)c1cc(NC(=O)COC(=O)c2ccc3c(c2)CCO3)ccc1Cl. The molecule has 0 aliphatic carbocycles. The fourth-order valence-corrected chi connectivity index (χ4v) is 4.09. The van der Waals surface area contributed by atoms with Crippen LogP contribution < -0.4 is 10.1 Å². The number of anilines is 1. The highest BCUT2D eigenvalue weighted by Gasteiger charge is 2.22. The summed E-state index contributed by atoms with van der Waals surface area (Å²) in [5.41, 5.74) is 1.46. The first-order valence-electron chi connectivity index (χ1n) is 8.63. The maximum absolute atomic E-state index is 12.3. The zero-order chi connectivity index (χ0) is 21.2. The van der Waals surface area contributed by atoms with Crippen molar-refractivity contribution in [3.8, 4) is 5.75 Å². The number of sulfonamides is 1. The Morgan fingerprint density at radius 1 is 1.21 bits per heavy atom. The van der Waals surface area contributed by atoms with Gasteiger partial charge in [-0.25, -0.2) is 17.5 Å². The van der Waals surface area contributed by atoms with Crippen LogP contribution in [0.2, 0.25) is 5.02 Å². The second-order valence-corrected chi connectivity index (χ2v) is 9.01. The molecule has 2 aromatic rings. The Balaban J connectivity index is 1.63. The summed E-state index contributed by atoms with van der Waals surface area (Å²) in [7, 11) is -1.03.